The van der Waals surface area contributed by atoms with Crippen molar-refractivity contribution in [1.29, 1.82) is 0 Å². The van der Waals surface area contributed by atoms with Crippen LogP contribution in [-0.2, 0) is 4.79 Å². The molecule has 0 aliphatic heterocycles. The van der Waals surface area contributed by atoms with Crippen LogP contribution < -0.4 is 0 Å². The number of thiocarbonyl (C=S) groups is 1. The van der Waals surface area contributed by atoms with E-state index in [-0.39, 0.29) is 18.8 Å². The quantitative estimate of drug-likeness (QED) is 0.527. The van der Waals surface area contributed by atoms with Gasteiger partial charge in [-0.05, 0) is 0 Å². The van der Waals surface area contributed by atoms with E-state index >= 15 is 0 Å². The standard InChI is InChI=1S/C4H6O2S/c5-2-1-4(6)3-7/h3,5H,1-2H2. The Kier molecular flexibility index (Phi) is 3.74. The molecule has 0 atom stereocenters. The first-order valence-electron chi connectivity index (χ1n) is 1.90. The summed E-state index contributed by atoms with van der Waals surface area (Å²) in [5, 5.41) is 9.12. The highest BCUT2D eigenvalue weighted by Gasteiger charge is 1.90. The topological polar surface area (TPSA) is 37.3 Å². The number of aliphatic hydroxyl groups excluding tert-OH is 1. The second-order valence-electron chi connectivity index (χ2n) is 1.06. The highest BCUT2D eigenvalue weighted by Crippen LogP contribution is 1.74. The Morgan fingerprint density at radius 3 is 2.57 bits per heavy atom. The third kappa shape index (κ3) is 3.55. The minimum absolute atomic E-state index is 0.105. The van der Waals surface area contributed by atoms with Gasteiger partial charge in [0.1, 0.15) is 0 Å². The van der Waals surface area contributed by atoms with Gasteiger partial charge in [0.2, 0.25) is 0 Å². The Morgan fingerprint density at radius 1 is 1.86 bits per heavy atom. The Hall–Kier alpha value is -0.280. The Labute approximate surface area is 47.1 Å². The van der Waals surface area contributed by atoms with E-state index in [1.807, 2.05) is 0 Å². The largest absolute Gasteiger partial charge is 0.396 e. The molecule has 0 saturated carbocycles. The van der Waals surface area contributed by atoms with Crippen LogP contribution in [0.4, 0.5) is 0 Å². The number of Topliss-reactive ketones (excluding diaryl/α,β-unsaturated/α-hetero) is 1. The minimum Gasteiger partial charge on any atom is -0.396 e. The summed E-state index contributed by atoms with van der Waals surface area (Å²) in [6.07, 6.45) is 0.156. The smallest absolute Gasteiger partial charge is 0.168 e. The minimum atomic E-state index is -0.183. The predicted octanol–water partition coefficient (Wildman–Crippen LogP) is -0.0624. The van der Waals surface area contributed by atoms with Crippen molar-refractivity contribution < 1.29 is 9.90 Å². The fourth-order valence-electron chi connectivity index (χ4n) is 0.169. The van der Waals surface area contributed by atoms with Crippen LogP contribution in [0.5, 0.6) is 0 Å². The lowest BCUT2D eigenvalue weighted by atomic mass is 10.3. The maximum absolute atomic E-state index is 10.1. The van der Waals surface area contributed by atoms with Crippen LogP contribution in [0.15, 0.2) is 0 Å². The van der Waals surface area contributed by atoms with Crippen LogP contribution in [0.2, 0.25) is 0 Å². The highest BCUT2D eigenvalue weighted by molar-refractivity contribution is 7.80. The molecule has 40 valence electrons. The molecule has 0 unspecified atom stereocenters. The molecule has 0 radical (unpaired) electrons. The molecule has 0 saturated heterocycles. The lowest BCUT2D eigenvalue weighted by molar-refractivity contribution is -0.112. The summed E-state index contributed by atoms with van der Waals surface area (Å²) in [6.45, 7) is -0.105. The second kappa shape index (κ2) is 3.89. The van der Waals surface area contributed by atoms with Crippen molar-refractivity contribution in [2.45, 2.75) is 6.42 Å². The molecule has 0 rings (SSSR count). The predicted molar refractivity (Wildman–Crippen MR) is 30.4 cm³/mol. The zero-order valence-corrected chi connectivity index (χ0v) is 4.57. The van der Waals surface area contributed by atoms with E-state index < -0.39 is 0 Å². The van der Waals surface area contributed by atoms with Gasteiger partial charge in [-0.3, -0.25) is 4.79 Å². The maximum Gasteiger partial charge on any atom is 0.168 e. The highest BCUT2D eigenvalue weighted by atomic mass is 32.1. The summed E-state index contributed by atoms with van der Waals surface area (Å²) >= 11 is 4.25. The van der Waals surface area contributed by atoms with Crippen molar-refractivity contribution in [3.63, 3.8) is 0 Å². The number of rotatable bonds is 3. The van der Waals surface area contributed by atoms with E-state index in [0.29, 0.717) is 0 Å². The first-order valence-corrected chi connectivity index (χ1v) is 2.37. The summed E-state index contributed by atoms with van der Waals surface area (Å²) < 4.78 is 0. The lowest BCUT2D eigenvalue weighted by Crippen LogP contribution is -1.98. The molecule has 0 bridgehead atoms. The normalized spacial score (nSPS) is 8.14. The molecule has 0 fully saturated rings. The molecule has 0 aromatic heterocycles. The summed E-state index contributed by atoms with van der Waals surface area (Å²) in [6, 6.07) is 0. The van der Waals surface area contributed by atoms with Crippen molar-refractivity contribution in [1.82, 2.24) is 0 Å². The van der Waals surface area contributed by atoms with Gasteiger partial charge >= 0.3 is 0 Å². The Bertz CT molecular complexity index is 79.8. The fraction of sp³-hybridized carbons (Fsp3) is 0.500. The van der Waals surface area contributed by atoms with E-state index in [1.54, 1.807) is 0 Å². The molecule has 0 aromatic carbocycles. The first kappa shape index (κ1) is 6.72. The number of hydrogen-bond donors (Lipinski definition) is 1. The number of hydrogen-bond acceptors (Lipinski definition) is 3. The van der Waals surface area contributed by atoms with Crippen molar-refractivity contribution in [3.8, 4) is 0 Å². The van der Waals surface area contributed by atoms with Crippen molar-refractivity contribution in [2.24, 2.45) is 0 Å². The molecule has 2 nitrogen and oxygen atoms in total. The van der Waals surface area contributed by atoms with E-state index in [0.717, 1.165) is 5.37 Å². The zero-order valence-electron chi connectivity index (χ0n) is 3.76. The Balaban J connectivity index is 3.17. The molecule has 0 heterocycles. The van der Waals surface area contributed by atoms with Gasteiger partial charge in [-0.1, -0.05) is 12.2 Å². The van der Waals surface area contributed by atoms with Crippen molar-refractivity contribution in [3.05, 3.63) is 0 Å². The third-order valence-electron chi connectivity index (χ3n) is 0.490. The molecule has 7 heavy (non-hydrogen) atoms. The van der Waals surface area contributed by atoms with E-state index in [2.05, 4.69) is 12.2 Å². The molecule has 0 aliphatic carbocycles. The van der Waals surface area contributed by atoms with Gasteiger partial charge in [0, 0.05) is 11.8 Å². The van der Waals surface area contributed by atoms with Crippen LogP contribution in [0.1, 0.15) is 6.42 Å². The van der Waals surface area contributed by atoms with Crippen LogP contribution in [0, 0.1) is 0 Å². The summed E-state index contributed by atoms with van der Waals surface area (Å²) in [5.41, 5.74) is 0. The van der Waals surface area contributed by atoms with Gasteiger partial charge in [0.25, 0.3) is 0 Å². The van der Waals surface area contributed by atoms with E-state index in [1.165, 1.54) is 0 Å². The summed E-state index contributed by atoms with van der Waals surface area (Å²) in [4.78, 5) is 10.1. The number of carbonyl (C=O) groups is 1. The molecule has 0 amide bonds. The van der Waals surface area contributed by atoms with Crippen molar-refractivity contribution in [2.75, 3.05) is 6.61 Å². The van der Waals surface area contributed by atoms with Gasteiger partial charge in [-0.25, -0.2) is 0 Å². The third-order valence-corrected chi connectivity index (χ3v) is 0.753. The molecule has 1 N–H and O–H groups in total. The molecule has 0 spiro atoms. The van der Waals surface area contributed by atoms with Gasteiger partial charge < -0.3 is 5.11 Å². The SMILES string of the molecule is O=C(C=S)CCO. The monoisotopic (exact) mass is 118 g/mol. The fourth-order valence-corrected chi connectivity index (χ4v) is 0.287. The van der Waals surface area contributed by atoms with Gasteiger partial charge in [0.05, 0.1) is 6.61 Å². The average molecular weight is 118 g/mol. The average Bonchev–Trinajstić information content (AvgIpc) is 1.68. The first-order chi connectivity index (χ1) is 3.31. The molecule has 0 aromatic rings. The second-order valence-corrected chi connectivity index (χ2v) is 1.29. The zero-order chi connectivity index (χ0) is 5.70. The van der Waals surface area contributed by atoms with Gasteiger partial charge in [-0.2, -0.15) is 0 Å². The lowest BCUT2D eigenvalue weighted by Gasteiger charge is -1.81. The Morgan fingerprint density at radius 2 is 2.43 bits per heavy atom. The molecule has 3 heteroatoms. The van der Waals surface area contributed by atoms with Gasteiger partial charge in [0.15, 0.2) is 5.78 Å². The summed E-state index contributed by atoms with van der Waals surface area (Å²) in [5.74, 6) is -0.183. The van der Waals surface area contributed by atoms with Gasteiger partial charge in [-0.15, -0.1) is 0 Å². The summed E-state index contributed by atoms with van der Waals surface area (Å²) in [7, 11) is 0. The van der Waals surface area contributed by atoms with E-state index in [9.17, 15) is 4.79 Å². The van der Waals surface area contributed by atoms with Crippen molar-refractivity contribution >= 4 is 23.4 Å². The van der Waals surface area contributed by atoms with Crippen LogP contribution >= 0.6 is 12.2 Å². The van der Waals surface area contributed by atoms with Crippen LogP contribution in [0.25, 0.3) is 0 Å². The number of carbonyl (C=O) groups excluding carboxylic acids is 1. The number of ketones is 1. The molecular formula is C4H6O2S. The molecule has 0 aliphatic rings. The van der Waals surface area contributed by atoms with Crippen LogP contribution in [0.3, 0.4) is 0 Å². The maximum atomic E-state index is 10.1. The van der Waals surface area contributed by atoms with Crippen LogP contribution in [-0.4, -0.2) is 22.9 Å². The molecular weight excluding hydrogens is 112 g/mol. The van der Waals surface area contributed by atoms with E-state index in [4.69, 9.17) is 5.11 Å². The number of aliphatic hydroxyl groups is 1.